The number of nitrogens with zero attached hydrogens (tertiary/aromatic N) is 2. The molecule has 16 heteroatoms. The van der Waals surface area contributed by atoms with Gasteiger partial charge in [-0.05, 0) is 0 Å². The molecule has 14 nitrogen and oxygen atoms in total. The number of carbonyl (C=O) groups is 6. The summed E-state index contributed by atoms with van der Waals surface area (Å²) in [5.41, 5.74) is 0. The molecule has 2 rings (SSSR count). The fraction of sp³-hybridized carbons (Fsp3) is 0.500. The Labute approximate surface area is 157 Å². The van der Waals surface area contributed by atoms with E-state index in [1.54, 1.807) is 0 Å². The number of imide groups is 2. The van der Waals surface area contributed by atoms with E-state index in [4.69, 9.17) is 0 Å². The topological polar surface area (TPSA) is 196 Å². The van der Waals surface area contributed by atoms with Gasteiger partial charge < -0.3 is 8.37 Å². The molecule has 0 saturated carbocycles. The highest BCUT2D eigenvalue weighted by atomic mass is 32.2. The molecule has 0 aliphatic carbocycles. The van der Waals surface area contributed by atoms with Crippen molar-refractivity contribution in [3.63, 3.8) is 0 Å². The Balaban J connectivity index is 1.91. The van der Waals surface area contributed by atoms with Crippen molar-refractivity contribution in [3.8, 4) is 0 Å². The SMILES string of the molecule is O=C(CCC(=O)OS(=O)(=O)N1C(=O)CCC1=O)OS(=O)(=O)N1C(=O)CCC1=O. The molecular weight excluding hydrogens is 428 g/mol. The third-order valence-corrected chi connectivity index (χ3v) is 5.89. The summed E-state index contributed by atoms with van der Waals surface area (Å²) in [6.07, 6.45) is -3.51. The first-order valence-corrected chi connectivity index (χ1v) is 10.2. The standard InChI is InChI=1S/C12H12N2O12S2/c15-7-1-2-8(16)13(7)27(21,22)25-11(19)5-6-12(20)26-28(23,24)14-9(17)3-4-10(14)18/h1-6H2. The van der Waals surface area contributed by atoms with E-state index in [9.17, 15) is 45.6 Å². The minimum atomic E-state index is -5.05. The largest absolute Gasteiger partial charge is 0.421 e. The van der Waals surface area contributed by atoms with E-state index in [1.165, 1.54) is 0 Å². The highest BCUT2D eigenvalue weighted by Gasteiger charge is 2.43. The smallest absolute Gasteiger partial charge is 0.330 e. The zero-order valence-electron chi connectivity index (χ0n) is 13.9. The van der Waals surface area contributed by atoms with Gasteiger partial charge in [0.25, 0.3) is 0 Å². The van der Waals surface area contributed by atoms with Crippen LogP contribution < -0.4 is 0 Å². The predicted molar refractivity (Wildman–Crippen MR) is 81.4 cm³/mol. The Bertz CT molecular complexity index is 868. The average molecular weight is 440 g/mol. The molecule has 28 heavy (non-hydrogen) atoms. The second-order valence-electron chi connectivity index (χ2n) is 5.43. The fourth-order valence-electron chi connectivity index (χ4n) is 2.21. The number of amides is 4. The van der Waals surface area contributed by atoms with Gasteiger partial charge in [-0.2, -0.15) is 16.8 Å². The van der Waals surface area contributed by atoms with E-state index < -0.39 is 69.0 Å². The van der Waals surface area contributed by atoms with Gasteiger partial charge in [0.15, 0.2) is 0 Å². The Morgan fingerprint density at radius 3 is 1.14 bits per heavy atom. The number of carbonyl (C=O) groups excluding carboxylic acids is 6. The van der Waals surface area contributed by atoms with Crippen LogP contribution in [0.2, 0.25) is 0 Å². The first-order valence-electron chi connectivity index (χ1n) is 7.51. The Hall–Kier alpha value is -2.88. The normalized spacial score (nSPS) is 18.0. The monoisotopic (exact) mass is 440 g/mol. The van der Waals surface area contributed by atoms with Crippen molar-refractivity contribution in [2.45, 2.75) is 38.5 Å². The summed E-state index contributed by atoms with van der Waals surface area (Å²) < 4.78 is 54.5. The van der Waals surface area contributed by atoms with E-state index >= 15 is 0 Å². The van der Waals surface area contributed by atoms with E-state index in [0.29, 0.717) is 0 Å². The van der Waals surface area contributed by atoms with E-state index in [2.05, 4.69) is 8.37 Å². The van der Waals surface area contributed by atoms with Crippen LogP contribution in [0.4, 0.5) is 0 Å². The molecule has 0 aromatic carbocycles. The summed E-state index contributed by atoms with van der Waals surface area (Å²) in [6, 6.07) is 0. The van der Waals surface area contributed by atoms with Crippen LogP contribution in [0, 0.1) is 0 Å². The van der Waals surface area contributed by atoms with Gasteiger partial charge in [-0.1, -0.05) is 0 Å². The number of hydrogen-bond acceptors (Lipinski definition) is 12. The molecule has 0 aromatic heterocycles. The molecule has 2 aliphatic heterocycles. The highest BCUT2D eigenvalue weighted by molar-refractivity contribution is 7.86. The van der Waals surface area contributed by atoms with Crippen molar-refractivity contribution < 1.29 is 54.0 Å². The van der Waals surface area contributed by atoms with Crippen molar-refractivity contribution in [2.75, 3.05) is 0 Å². The van der Waals surface area contributed by atoms with Crippen LogP contribution in [-0.4, -0.2) is 61.0 Å². The average Bonchev–Trinajstić information content (AvgIpc) is 3.06. The van der Waals surface area contributed by atoms with E-state index in [0.717, 1.165) is 0 Å². The molecule has 0 unspecified atom stereocenters. The van der Waals surface area contributed by atoms with Gasteiger partial charge in [0, 0.05) is 25.7 Å². The zero-order valence-corrected chi connectivity index (χ0v) is 15.5. The van der Waals surface area contributed by atoms with Crippen molar-refractivity contribution >= 4 is 56.2 Å². The molecule has 2 saturated heterocycles. The molecule has 2 fully saturated rings. The van der Waals surface area contributed by atoms with Gasteiger partial charge in [-0.15, -0.1) is 8.61 Å². The summed E-state index contributed by atoms with van der Waals surface area (Å²) in [5, 5.41) is 0. The molecule has 4 amide bonds. The molecule has 0 N–H and O–H groups in total. The van der Waals surface area contributed by atoms with Crippen LogP contribution in [0.15, 0.2) is 0 Å². The van der Waals surface area contributed by atoms with Crippen LogP contribution in [0.5, 0.6) is 0 Å². The fourth-order valence-corrected chi connectivity index (χ4v) is 4.36. The lowest BCUT2D eigenvalue weighted by atomic mass is 10.3. The van der Waals surface area contributed by atoms with Gasteiger partial charge in [0.1, 0.15) is 0 Å². The van der Waals surface area contributed by atoms with Crippen LogP contribution in [0.25, 0.3) is 0 Å². The maximum Gasteiger partial charge on any atom is 0.421 e. The lowest BCUT2D eigenvalue weighted by Crippen LogP contribution is -2.38. The van der Waals surface area contributed by atoms with Crippen molar-refractivity contribution in [2.24, 2.45) is 0 Å². The van der Waals surface area contributed by atoms with Crippen molar-refractivity contribution in [1.29, 1.82) is 0 Å². The molecule has 2 aliphatic rings. The minimum absolute atomic E-state index is 0.224. The second kappa shape index (κ2) is 7.63. The third kappa shape index (κ3) is 4.50. The number of hydrogen-bond donors (Lipinski definition) is 0. The molecular formula is C12H12N2O12S2. The van der Waals surface area contributed by atoms with Crippen molar-refractivity contribution in [3.05, 3.63) is 0 Å². The maximum atomic E-state index is 11.7. The Morgan fingerprint density at radius 1 is 0.643 bits per heavy atom. The van der Waals surface area contributed by atoms with Gasteiger partial charge in [0.05, 0.1) is 12.8 Å². The highest BCUT2D eigenvalue weighted by Crippen LogP contribution is 2.19. The Morgan fingerprint density at radius 2 is 0.893 bits per heavy atom. The first-order chi connectivity index (χ1) is 12.8. The third-order valence-electron chi connectivity index (χ3n) is 3.39. The summed E-state index contributed by atoms with van der Waals surface area (Å²) in [6.45, 7) is 0. The first kappa shape index (κ1) is 21.4. The molecule has 0 bridgehead atoms. The van der Waals surface area contributed by atoms with E-state index in [-0.39, 0.29) is 34.3 Å². The quantitative estimate of drug-likeness (QED) is 0.382. The van der Waals surface area contributed by atoms with Crippen LogP contribution in [0.1, 0.15) is 38.5 Å². The van der Waals surface area contributed by atoms with Gasteiger partial charge >= 0.3 is 32.5 Å². The van der Waals surface area contributed by atoms with Crippen LogP contribution in [0.3, 0.4) is 0 Å². The molecule has 0 radical (unpaired) electrons. The minimum Gasteiger partial charge on any atom is -0.330 e. The van der Waals surface area contributed by atoms with Crippen LogP contribution in [-0.2, 0) is 57.7 Å². The molecule has 0 spiro atoms. The second-order valence-corrected chi connectivity index (χ2v) is 8.20. The van der Waals surface area contributed by atoms with Gasteiger partial charge in [-0.25, -0.2) is 0 Å². The predicted octanol–water partition coefficient (Wildman–Crippen LogP) is -2.36. The van der Waals surface area contributed by atoms with Gasteiger partial charge in [-0.3, -0.25) is 28.8 Å². The molecule has 0 atom stereocenters. The van der Waals surface area contributed by atoms with Crippen LogP contribution >= 0.6 is 0 Å². The van der Waals surface area contributed by atoms with Crippen molar-refractivity contribution in [1.82, 2.24) is 8.61 Å². The lowest BCUT2D eigenvalue weighted by molar-refractivity contribution is -0.142. The molecule has 154 valence electrons. The molecule has 0 aromatic rings. The van der Waals surface area contributed by atoms with E-state index in [1.807, 2.05) is 0 Å². The summed E-state index contributed by atoms with van der Waals surface area (Å²) in [4.78, 5) is 68.5. The number of rotatable bonds is 7. The van der Waals surface area contributed by atoms with Gasteiger partial charge in [0.2, 0.25) is 23.6 Å². The maximum absolute atomic E-state index is 11.7. The summed E-state index contributed by atoms with van der Waals surface area (Å²) >= 11 is 0. The molecule has 2 heterocycles. The Kier molecular flexibility index (Phi) is 5.83. The zero-order chi connectivity index (χ0) is 21.3. The summed E-state index contributed by atoms with van der Waals surface area (Å²) in [7, 11) is -10.1. The lowest BCUT2D eigenvalue weighted by Gasteiger charge is -2.14. The summed E-state index contributed by atoms with van der Waals surface area (Å²) in [5.74, 6) is -7.52.